The SMILES string of the molecule is c1ccc(C2=NC(c3ccccc3)NC(c3ccc4ccccc4c3-c3ccc(-c4cccc5c4oc4ccccc45)cc3)N2)cc1. The fourth-order valence-corrected chi connectivity index (χ4v) is 6.91. The molecule has 224 valence electrons. The first-order valence-electron chi connectivity index (χ1n) is 16.0. The van der Waals surface area contributed by atoms with E-state index in [-0.39, 0.29) is 12.3 Å². The Hall–Kier alpha value is -5.97. The Morgan fingerprint density at radius 1 is 0.511 bits per heavy atom. The molecule has 1 aromatic heterocycles. The van der Waals surface area contributed by atoms with E-state index in [1.165, 1.54) is 21.9 Å². The van der Waals surface area contributed by atoms with Crippen molar-refractivity contribution >= 4 is 38.5 Å². The minimum atomic E-state index is -0.205. The number of hydrogen-bond donors (Lipinski definition) is 2. The second-order valence-electron chi connectivity index (χ2n) is 12.0. The molecule has 0 saturated carbocycles. The lowest BCUT2D eigenvalue weighted by atomic mass is 9.90. The molecule has 0 aliphatic carbocycles. The summed E-state index contributed by atoms with van der Waals surface area (Å²) in [7, 11) is 0. The highest BCUT2D eigenvalue weighted by atomic mass is 16.3. The Morgan fingerprint density at radius 2 is 1.19 bits per heavy atom. The van der Waals surface area contributed by atoms with Gasteiger partial charge in [-0.25, -0.2) is 4.99 Å². The third kappa shape index (κ3) is 4.87. The van der Waals surface area contributed by atoms with Crippen LogP contribution in [0.2, 0.25) is 0 Å². The summed E-state index contributed by atoms with van der Waals surface area (Å²) in [6.07, 6.45) is -0.389. The van der Waals surface area contributed by atoms with Crippen LogP contribution in [0.3, 0.4) is 0 Å². The molecule has 0 saturated heterocycles. The molecule has 4 heteroatoms. The summed E-state index contributed by atoms with van der Waals surface area (Å²) in [6.45, 7) is 0. The lowest BCUT2D eigenvalue weighted by Gasteiger charge is -2.33. The highest BCUT2D eigenvalue weighted by Crippen LogP contribution is 2.40. The Labute approximate surface area is 273 Å². The van der Waals surface area contributed by atoms with Crippen LogP contribution in [0.1, 0.15) is 29.0 Å². The highest BCUT2D eigenvalue weighted by Gasteiger charge is 2.28. The van der Waals surface area contributed by atoms with Crippen LogP contribution in [0.25, 0.3) is 55.0 Å². The molecule has 2 atom stereocenters. The van der Waals surface area contributed by atoms with Gasteiger partial charge in [0.1, 0.15) is 29.3 Å². The summed E-state index contributed by atoms with van der Waals surface area (Å²) in [4.78, 5) is 5.13. The number of aliphatic imine (C=N–C) groups is 1. The van der Waals surface area contributed by atoms with Crippen LogP contribution in [0, 0.1) is 0 Å². The quantitative estimate of drug-likeness (QED) is 0.205. The molecule has 9 rings (SSSR count). The molecule has 0 spiro atoms. The third-order valence-electron chi connectivity index (χ3n) is 9.19. The number of rotatable bonds is 5. The number of furan rings is 1. The molecule has 2 N–H and O–H groups in total. The van der Waals surface area contributed by atoms with E-state index in [1.54, 1.807) is 0 Å². The maximum Gasteiger partial charge on any atom is 0.143 e. The van der Waals surface area contributed by atoms with Gasteiger partial charge in [0, 0.05) is 21.9 Å². The number of fused-ring (bicyclic) bond motifs is 4. The van der Waals surface area contributed by atoms with E-state index in [2.05, 4.69) is 150 Å². The van der Waals surface area contributed by atoms with Crippen molar-refractivity contribution in [2.45, 2.75) is 12.3 Å². The van der Waals surface area contributed by atoms with Crippen LogP contribution in [-0.2, 0) is 0 Å². The first-order valence-corrected chi connectivity index (χ1v) is 16.0. The molecule has 2 unspecified atom stereocenters. The van der Waals surface area contributed by atoms with Crippen LogP contribution in [0.4, 0.5) is 0 Å². The molecule has 1 aliphatic rings. The molecule has 0 bridgehead atoms. The molecule has 0 amide bonds. The second-order valence-corrected chi connectivity index (χ2v) is 12.0. The summed E-state index contributed by atoms with van der Waals surface area (Å²) in [5, 5.41) is 12.3. The normalized spacial score (nSPS) is 16.3. The van der Waals surface area contributed by atoms with Gasteiger partial charge in [-0.2, -0.15) is 0 Å². The molecular formula is C43H31N3O. The van der Waals surface area contributed by atoms with Gasteiger partial charge >= 0.3 is 0 Å². The van der Waals surface area contributed by atoms with E-state index in [0.717, 1.165) is 55.6 Å². The lowest BCUT2D eigenvalue weighted by Crippen LogP contribution is -2.45. The van der Waals surface area contributed by atoms with Crippen LogP contribution in [0.5, 0.6) is 0 Å². The van der Waals surface area contributed by atoms with E-state index >= 15 is 0 Å². The molecule has 4 nitrogen and oxygen atoms in total. The van der Waals surface area contributed by atoms with E-state index in [0.29, 0.717) is 0 Å². The third-order valence-corrected chi connectivity index (χ3v) is 9.19. The predicted octanol–water partition coefficient (Wildman–Crippen LogP) is 10.4. The molecule has 7 aromatic carbocycles. The Balaban J connectivity index is 1.16. The van der Waals surface area contributed by atoms with Crippen molar-refractivity contribution in [2.75, 3.05) is 0 Å². The fourth-order valence-electron chi connectivity index (χ4n) is 6.91. The zero-order chi connectivity index (χ0) is 31.2. The van der Waals surface area contributed by atoms with Gasteiger partial charge in [-0.1, -0.05) is 158 Å². The van der Waals surface area contributed by atoms with E-state index in [4.69, 9.17) is 9.41 Å². The first kappa shape index (κ1) is 27.3. The molecule has 8 aromatic rings. The molecule has 0 radical (unpaired) electrons. The summed E-state index contributed by atoms with van der Waals surface area (Å²) in [5.41, 5.74) is 9.74. The smallest absolute Gasteiger partial charge is 0.143 e. The zero-order valence-electron chi connectivity index (χ0n) is 25.6. The number of nitrogens with one attached hydrogen (secondary N) is 2. The van der Waals surface area contributed by atoms with Crippen LogP contribution in [-0.4, -0.2) is 5.84 Å². The average Bonchev–Trinajstić information content (AvgIpc) is 3.54. The van der Waals surface area contributed by atoms with Gasteiger partial charge in [-0.05, 0) is 44.7 Å². The lowest BCUT2D eigenvalue weighted by molar-refractivity contribution is 0.410. The first-order chi connectivity index (χ1) is 23.3. The van der Waals surface area contributed by atoms with Gasteiger partial charge in [-0.3, -0.25) is 5.32 Å². The number of benzene rings is 7. The summed E-state index contributed by atoms with van der Waals surface area (Å²) < 4.78 is 6.37. The van der Waals surface area contributed by atoms with Gasteiger partial charge in [-0.15, -0.1) is 0 Å². The Morgan fingerprint density at radius 3 is 2.02 bits per heavy atom. The van der Waals surface area contributed by atoms with E-state index < -0.39 is 0 Å². The maximum atomic E-state index is 6.37. The van der Waals surface area contributed by atoms with Crippen LogP contribution in [0.15, 0.2) is 173 Å². The minimum absolute atomic E-state index is 0.184. The molecule has 47 heavy (non-hydrogen) atoms. The van der Waals surface area contributed by atoms with Crippen LogP contribution >= 0.6 is 0 Å². The average molecular weight is 606 g/mol. The summed E-state index contributed by atoms with van der Waals surface area (Å²) in [5.74, 6) is 0.872. The van der Waals surface area contributed by atoms with Crippen molar-refractivity contribution in [3.05, 3.63) is 180 Å². The molecule has 2 heterocycles. The van der Waals surface area contributed by atoms with E-state index in [9.17, 15) is 0 Å². The number of amidine groups is 1. The summed E-state index contributed by atoms with van der Waals surface area (Å²) >= 11 is 0. The fraction of sp³-hybridized carbons (Fsp3) is 0.0465. The van der Waals surface area contributed by atoms with Gasteiger partial charge in [0.05, 0.1) is 0 Å². The predicted molar refractivity (Wildman–Crippen MR) is 193 cm³/mol. The monoisotopic (exact) mass is 605 g/mol. The summed E-state index contributed by atoms with van der Waals surface area (Å²) in [6, 6.07) is 57.5. The molecule has 0 fully saturated rings. The topological polar surface area (TPSA) is 49.6 Å². The van der Waals surface area contributed by atoms with Crippen molar-refractivity contribution < 1.29 is 4.42 Å². The maximum absolute atomic E-state index is 6.37. The minimum Gasteiger partial charge on any atom is -0.455 e. The number of nitrogens with zero attached hydrogens (tertiary/aromatic N) is 1. The van der Waals surface area contributed by atoms with Gasteiger partial charge < -0.3 is 9.73 Å². The van der Waals surface area contributed by atoms with Crippen molar-refractivity contribution in [1.82, 2.24) is 10.6 Å². The molecular weight excluding hydrogens is 574 g/mol. The second kappa shape index (κ2) is 11.4. The van der Waals surface area contributed by atoms with Gasteiger partial charge in [0.25, 0.3) is 0 Å². The van der Waals surface area contributed by atoms with Crippen molar-refractivity contribution in [3.63, 3.8) is 0 Å². The Bertz CT molecular complexity index is 2410. The zero-order valence-corrected chi connectivity index (χ0v) is 25.6. The highest BCUT2D eigenvalue weighted by molar-refractivity contribution is 6.09. The van der Waals surface area contributed by atoms with Crippen molar-refractivity contribution in [3.8, 4) is 22.3 Å². The van der Waals surface area contributed by atoms with E-state index in [1.807, 2.05) is 24.3 Å². The standard InChI is InChI=1S/C43H31N3O/c1-3-13-31(14-4-1)41-44-42(32-15-5-2-6-16-32)46-43(45-41)37-27-26-28-12-7-8-17-33(28)39(37)30-24-22-29(23-25-30)34-19-11-20-36-35-18-9-10-21-38(35)47-40(34)36/h1-27,41,43,45H,(H,44,46). The van der Waals surface area contributed by atoms with Crippen LogP contribution < -0.4 is 10.6 Å². The van der Waals surface area contributed by atoms with Crippen molar-refractivity contribution in [2.24, 2.45) is 4.99 Å². The number of para-hydroxylation sites is 2. The largest absolute Gasteiger partial charge is 0.455 e. The Kier molecular flexibility index (Phi) is 6.65. The van der Waals surface area contributed by atoms with Gasteiger partial charge in [0.2, 0.25) is 0 Å². The van der Waals surface area contributed by atoms with Gasteiger partial charge in [0.15, 0.2) is 0 Å². The molecule has 1 aliphatic heterocycles. The van der Waals surface area contributed by atoms with Crippen molar-refractivity contribution in [1.29, 1.82) is 0 Å². The number of hydrogen-bond acceptors (Lipinski definition) is 4.